The molecule has 2 aromatic heterocycles. The molecule has 6 rings (SSSR count). The maximum Gasteiger partial charge on any atom is 0.253 e. The fourth-order valence-electron chi connectivity index (χ4n) is 4.91. The van der Waals surface area contributed by atoms with Gasteiger partial charge in [-0.25, -0.2) is 9.97 Å². The first-order valence-corrected chi connectivity index (χ1v) is 12.4. The number of anilines is 3. The van der Waals surface area contributed by atoms with Gasteiger partial charge >= 0.3 is 0 Å². The second-order valence-electron chi connectivity index (χ2n) is 10.1. The third-order valence-corrected chi connectivity index (χ3v) is 7.43. The third kappa shape index (κ3) is 4.23. The number of nitrogens with one attached hydrogen (secondary N) is 1. The lowest BCUT2D eigenvalue weighted by atomic mass is 9.97. The molecule has 1 aliphatic heterocycles. The van der Waals surface area contributed by atoms with Crippen LogP contribution in [0.25, 0.3) is 11.3 Å². The molecule has 0 bridgehead atoms. The number of aromatic nitrogens is 3. The summed E-state index contributed by atoms with van der Waals surface area (Å²) in [6.45, 7) is 2.08. The number of nitrogens with zero attached hydrogens (tertiary/aromatic N) is 5. The molecule has 2 aliphatic carbocycles. The zero-order chi connectivity index (χ0) is 24.0. The lowest BCUT2D eigenvalue weighted by Crippen LogP contribution is -2.29. The number of pyridine rings is 1. The van der Waals surface area contributed by atoms with E-state index in [-0.39, 0.29) is 17.9 Å². The van der Waals surface area contributed by atoms with E-state index >= 15 is 0 Å². The standard InChI is InChI=1S/C27H30N6O2/c1-32(10-11-34)25(35)19-4-5-22-24(12-19)33(17-27(22)7-8-27)26-30-15-20(16-31-26)23-13-21(6-9-28-23)29-14-18-2-3-18/h4-6,9,12-13,15-16,18,34H,2-3,7-8,10-11,14,17H2,1H3,(H,28,29). The molecule has 3 heterocycles. The lowest BCUT2D eigenvalue weighted by molar-refractivity contribution is 0.0767. The van der Waals surface area contributed by atoms with E-state index in [2.05, 4.69) is 21.3 Å². The van der Waals surface area contributed by atoms with Crippen molar-refractivity contribution in [3.8, 4) is 11.3 Å². The summed E-state index contributed by atoms with van der Waals surface area (Å²) < 4.78 is 0. The average molecular weight is 471 g/mol. The summed E-state index contributed by atoms with van der Waals surface area (Å²) in [4.78, 5) is 30.4. The van der Waals surface area contributed by atoms with E-state index in [1.165, 1.54) is 18.4 Å². The molecule has 1 amide bonds. The van der Waals surface area contributed by atoms with Crippen LogP contribution >= 0.6 is 0 Å². The van der Waals surface area contributed by atoms with Crippen molar-refractivity contribution < 1.29 is 9.90 Å². The lowest BCUT2D eigenvalue weighted by Gasteiger charge is -2.19. The fourth-order valence-corrected chi connectivity index (χ4v) is 4.91. The summed E-state index contributed by atoms with van der Waals surface area (Å²) in [6.07, 6.45) is 10.4. The van der Waals surface area contributed by atoms with Gasteiger partial charge in [0.05, 0.1) is 12.3 Å². The number of rotatable bonds is 8. The van der Waals surface area contributed by atoms with Gasteiger partial charge in [0.2, 0.25) is 5.95 Å². The molecule has 2 N–H and O–H groups in total. The van der Waals surface area contributed by atoms with Gasteiger partial charge in [-0.3, -0.25) is 9.78 Å². The normalized spacial score (nSPS) is 17.4. The number of amides is 1. The zero-order valence-electron chi connectivity index (χ0n) is 19.9. The molecule has 8 heteroatoms. The first-order chi connectivity index (χ1) is 17.1. The van der Waals surface area contributed by atoms with Crippen LogP contribution in [0.1, 0.15) is 41.6 Å². The predicted molar refractivity (Wildman–Crippen MR) is 135 cm³/mol. The van der Waals surface area contributed by atoms with E-state index in [9.17, 15) is 9.90 Å². The number of carbonyl (C=O) groups excluding carboxylic acids is 1. The van der Waals surface area contributed by atoms with Crippen molar-refractivity contribution >= 4 is 23.2 Å². The molecule has 1 aromatic carbocycles. The molecule has 3 aliphatic rings. The van der Waals surface area contributed by atoms with Crippen LogP contribution < -0.4 is 10.2 Å². The third-order valence-electron chi connectivity index (χ3n) is 7.43. The van der Waals surface area contributed by atoms with E-state index < -0.39 is 0 Å². The summed E-state index contributed by atoms with van der Waals surface area (Å²) >= 11 is 0. The summed E-state index contributed by atoms with van der Waals surface area (Å²) in [7, 11) is 1.71. The number of likely N-dealkylation sites (N-methyl/N-ethyl adjacent to an activating group) is 1. The Labute approximate surface area is 205 Å². The summed E-state index contributed by atoms with van der Waals surface area (Å²) in [5.74, 6) is 1.34. The molecule has 8 nitrogen and oxygen atoms in total. The molecule has 180 valence electrons. The predicted octanol–water partition coefficient (Wildman–Crippen LogP) is 3.61. The number of hydrogen-bond acceptors (Lipinski definition) is 7. The molecule has 3 aromatic rings. The van der Waals surface area contributed by atoms with E-state index in [1.54, 1.807) is 11.9 Å². The first-order valence-electron chi connectivity index (χ1n) is 12.4. The number of fused-ring (bicyclic) bond motifs is 2. The van der Waals surface area contributed by atoms with Crippen LogP contribution in [0.4, 0.5) is 17.3 Å². The number of aliphatic hydroxyl groups is 1. The molecule has 2 saturated carbocycles. The van der Waals surface area contributed by atoms with E-state index in [0.29, 0.717) is 18.1 Å². The average Bonchev–Trinajstić information content (AvgIpc) is 3.82. The van der Waals surface area contributed by atoms with Gasteiger partial charge in [-0.05, 0) is 61.4 Å². The Hall–Kier alpha value is -3.52. The fraction of sp³-hybridized carbons (Fsp3) is 0.407. The molecule has 35 heavy (non-hydrogen) atoms. The maximum absolute atomic E-state index is 12.8. The van der Waals surface area contributed by atoms with Crippen LogP contribution in [0.3, 0.4) is 0 Å². The first kappa shape index (κ1) is 22.0. The monoisotopic (exact) mass is 470 g/mol. The van der Waals surface area contributed by atoms with Gasteiger partial charge < -0.3 is 20.2 Å². The Morgan fingerprint density at radius 1 is 1.17 bits per heavy atom. The SMILES string of the molecule is CN(CCO)C(=O)c1ccc2c(c1)N(c1ncc(-c3cc(NCC4CC4)ccn3)cn1)CC21CC1. The smallest absolute Gasteiger partial charge is 0.253 e. The Balaban J connectivity index is 1.25. The van der Waals surface area contributed by atoms with Crippen molar-refractivity contribution in [2.24, 2.45) is 5.92 Å². The number of carbonyl (C=O) groups is 1. The topological polar surface area (TPSA) is 94.5 Å². The molecule has 0 atom stereocenters. The molecule has 2 fully saturated rings. The largest absolute Gasteiger partial charge is 0.395 e. The molecule has 0 unspecified atom stereocenters. The van der Waals surface area contributed by atoms with Crippen molar-refractivity contribution in [2.75, 3.05) is 43.5 Å². The van der Waals surface area contributed by atoms with Crippen molar-refractivity contribution in [1.82, 2.24) is 19.9 Å². The van der Waals surface area contributed by atoms with Gasteiger partial charge in [0.1, 0.15) is 0 Å². The van der Waals surface area contributed by atoms with Crippen LogP contribution in [0.2, 0.25) is 0 Å². The van der Waals surface area contributed by atoms with Crippen LogP contribution in [0, 0.1) is 5.92 Å². The highest BCUT2D eigenvalue weighted by atomic mass is 16.3. The molecule has 0 radical (unpaired) electrons. The molecule has 1 spiro atoms. The van der Waals surface area contributed by atoms with E-state index in [1.807, 2.05) is 42.9 Å². The quantitative estimate of drug-likeness (QED) is 0.519. The maximum atomic E-state index is 12.8. The molecular formula is C27H30N6O2. The minimum Gasteiger partial charge on any atom is -0.395 e. The highest BCUT2D eigenvalue weighted by Crippen LogP contribution is 2.57. The second kappa shape index (κ2) is 8.61. The zero-order valence-corrected chi connectivity index (χ0v) is 19.9. The molecular weight excluding hydrogens is 440 g/mol. The summed E-state index contributed by atoms with van der Waals surface area (Å²) in [5.41, 5.74) is 5.80. The van der Waals surface area contributed by atoms with Crippen molar-refractivity contribution in [2.45, 2.75) is 31.1 Å². The minimum absolute atomic E-state index is 0.0586. The Kier molecular flexibility index (Phi) is 5.40. The van der Waals surface area contributed by atoms with Crippen LogP contribution in [-0.2, 0) is 5.41 Å². The summed E-state index contributed by atoms with van der Waals surface area (Å²) in [6, 6.07) is 9.98. The van der Waals surface area contributed by atoms with Crippen molar-refractivity contribution in [3.05, 3.63) is 60.0 Å². The minimum atomic E-state index is -0.101. The van der Waals surface area contributed by atoms with Crippen LogP contribution in [0.5, 0.6) is 0 Å². The highest BCUT2D eigenvalue weighted by molar-refractivity contribution is 5.96. The van der Waals surface area contributed by atoms with E-state index in [4.69, 9.17) is 9.97 Å². The van der Waals surface area contributed by atoms with Crippen LogP contribution in [-0.4, -0.2) is 64.2 Å². The molecule has 0 saturated heterocycles. The second-order valence-corrected chi connectivity index (χ2v) is 10.1. The van der Waals surface area contributed by atoms with Gasteiger partial charge in [-0.2, -0.15) is 0 Å². The van der Waals surface area contributed by atoms with E-state index in [0.717, 1.165) is 54.5 Å². The van der Waals surface area contributed by atoms with Gasteiger partial charge in [0.25, 0.3) is 5.91 Å². The van der Waals surface area contributed by atoms with Crippen molar-refractivity contribution in [3.63, 3.8) is 0 Å². The Bertz CT molecular complexity index is 1250. The number of aliphatic hydroxyl groups excluding tert-OH is 1. The highest BCUT2D eigenvalue weighted by Gasteiger charge is 2.52. The number of hydrogen-bond donors (Lipinski definition) is 2. The Morgan fingerprint density at radius 3 is 2.69 bits per heavy atom. The number of benzene rings is 1. The Morgan fingerprint density at radius 2 is 1.97 bits per heavy atom. The van der Waals surface area contributed by atoms with Crippen molar-refractivity contribution in [1.29, 1.82) is 0 Å². The van der Waals surface area contributed by atoms with Crippen LogP contribution in [0.15, 0.2) is 48.9 Å². The summed E-state index contributed by atoms with van der Waals surface area (Å²) in [5, 5.41) is 12.7. The van der Waals surface area contributed by atoms with Gasteiger partial charge in [0, 0.05) is 73.2 Å². The van der Waals surface area contributed by atoms with Gasteiger partial charge in [0.15, 0.2) is 0 Å². The van der Waals surface area contributed by atoms with Gasteiger partial charge in [-0.1, -0.05) is 6.07 Å². The van der Waals surface area contributed by atoms with Gasteiger partial charge in [-0.15, -0.1) is 0 Å².